The van der Waals surface area contributed by atoms with Gasteiger partial charge in [-0.3, -0.25) is 4.68 Å². The average Bonchev–Trinajstić information content (AvgIpc) is 2.91. The van der Waals surface area contributed by atoms with E-state index in [2.05, 4.69) is 42.1 Å². The largest absolute Gasteiger partial charge is 0.315 e. The second-order valence-electron chi connectivity index (χ2n) is 4.34. The molecule has 1 aromatic heterocycles. The molecule has 0 aromatic carbocycles. The highest BCUT2D eigenvalue weighted by Gasteiger charge is 2.30. The van der Waals surface area contributed by atoms with E-state index in [0.717, 1.165) is 18.2 Å². The number of hydrogen-bond donors (Lipinski definition) is 1. The van der Waals surface area contributed by atoms with Gasteiger partial charge in [-0.1, -0.05) is 0 Å². The van der Waals surface area contributed by atoms with Crippen LogP contribution in [-0.4, -0.2) is 22.9 Å². The number of nitrogens with one attached hydrogen (secondary N) is 1. The molecule has 1 aliphatic carbocycles. The van der Waals surface area contributed by atoms with Crippen molar-refractivity contribution >= 4 is 0 Å². The van der Waals surface area contributed by atoms with Crippen LogP contribution in [0.1, 0.15) is 24.2 Å². The van der Waals surface area contributed by atoms with Gasteiger partial charge in [0.25, 0.3) is 0 Å². The molecule has 1 fully saturated rings. The molecular formula is C11H19N3. The molecule has 1 N–H and O–H groups in total. The molecule has 1 saturated carbocycles. The Balaban J connectivity index is 2.04. The molecule has 0 spiro atoms. The molecular weight excluding hydrogens is 174 g/mol. The van der Waals surface area contributed by atoms with Gasteiger partial charge in [-0.2, -0.15) is 5.10 Å². The molecule has 1 heterocycles. The molecule has 3 nitrogen and oxygen atoms in total. The summed E-state index contributed by atoms with van der Waals surface area (Å²) in [6.45, 7) is 5.19. The lowest BCUT2D eigenvalue weighted by Gasteiger charge is -2.16. The summed E-state index contributed by atoms with van der Waals surface area (Å²) in [5, 5.41) is 7.87. The predicted octanol–water partition coefficient (Wildman–Crippen LogP) is 1.50. The van der Waals surface area contributed by atoms with Crippen molar-refractivity contribution in [2.45, 2.75) is 39.3 Å². The zero-order valence-corrected chi connectivity index (χ0v) is 9.25. The predicted molar refractivity (Wildman–Crippen MR) is 57.3 cm³/mol. The average molecular weight is 193 g/mol. The van der Waals surface area contributed by atoms with E-state index in [-0.39, 0.29) is 0 Å². The van der Waals surface area contributed by atoms with Crippen molar-refractivity contribution in [3.63, 3.8) is 0 Å². The van der Waals surface area contributed by atoms with Crippen molar-refractivity contribution in [2.24, 2.45) is 5.92 Å². The van der Waals surface area contributed by atoms with Crippen LogP contribution < -0.4 is 5.32 Å². The Labute approximate surface area is 85.5 Å². The Hall–Kier alpha value is -0.830. The van der Waals surface area contributed by atoms with Crippen LogP contribution in [0, 0.1) is 19.8 Å². The molecule has 1 unspecified atom stereocenters. The van der Waals surface area contributed by atoms with Gasteiger partial charge in [0.2, 0.25) is 0 Å². The fourth-order valence-electron chi connectivity index (χ4n) is 2.02. The van der Waals surface area contributed by atoms with E-state index in [1.807, 2.05) is 0 Å². The Bertz CT molecular complexity index is 312. The Kier molecular flexibility index (Phi) is 2.59. The van der Waals surface area contributed by atoms with Gasteiger partial charge in [0.05, 0.1) is 12.2 Å². The molecule has 0 aliphatic heterocycles. The summed E-state index contributed by atoms with van der Waals surface area (Å²) < 4.78 is 2.12. The van der Waals surface area contributed by atoms with Gasteiger partial charge < -0.3 is 5.32 Å². The smallest absolute Gasteiger partial charge is 0.0596 e. The number of likely N-dealkylation sites (N-methyl/N-ethyl adjacent to an activating group) is 1. The Morgan fingerprint density at radius 1 is 1.57 bits per heavy atom. The molecule has 1 aromatic rings. The minimum atomic E-state index is 0.605. The third-order valence-corrected chi connectivity index (χ3v) is 3.03. The second kappa shape index (κ2) is 3.73. The first-order valence-electron chi connectivity index (χ1n) is 5.39. The maximum absolute atomic E-state index is 4.48. The van der Waals surface area contributed by atoms with E-state index in [4.69, 9.17) is 0 Å². The molecule has 14 heavy (non-hydrogen) atoms. The maximum atomic E-state index is 4.48. The molecule has 1 atom stereocenters. The minimum Gasteiger partial charge on any atom is -0.315 e. The molecule has 0 radical (unpaired) electrons. The summed E-state index contributed by atoms with van der Waals surface area (Å²) >= 11 is 0. The van der Waals surface area contributed by atoms with Crippen LogP contribution in [0.4, 0.5) is 0 Å². The van der Waals surface area contributed by atoms with Gasteiger partial charge in [-0.05, 0) is 45.7 Å². The fourth-order valence-corrected chi connectivity index (χ4v) is 2.02. The third-order valence-electron chi connectivity index (χ3n) is 3.03. The van der Waals surface area contributed by atoms with Gasteiger partial charge in [0.15, 0.2) is 0 Å². The Morgan fingerprint density at radius 3 is 2.71 bits per heavy atom. The number of aryl methyl sites for hydroxylation is 2. The highest BCUT2D eigenvalue weighted by atomic mass is 15.3. The van der Waals surface area contributed by atoms with Crippen LogP contribution in [0.15, 0.2) is 6.07 Å². The fraction of sp³-hybridized carbons (Fsp3) is 0.727. The van der Waals surface area contributed by atoms with Crippen LogP contribution in [0.25, 0.3) is 0 Å². The van der Waals surface area contributed by atoms with Crippen LogP contribution in [0.2, 0.25) is 0 Å². The Morgan fingerprint density at radius 2 is 2.29 bits per heavy atom. The molecule has 0 bridgehead atoms. The molecule has 78 valence electrons. The van der Waals surface area contributed by atoms with E-state index in [9.17, 15) is 0 Å². The van der Waals surface area contributed by atoms with Crippen molar-refractivity contribution in [1.29, 1.82) is 0 Å². The molecule has 3 heteroatoms. The first-order chi connectivity index (χ1) is 6.70. The van der Waals surface area contributed by atoms with Crippen molar-refractivity contribution < 1.29 is 0 Å². The van der Waals surface area contributed by atoms with E-state index < -0.39 is 0 Å². The lowest BCUT2D eigenvalue weighted by molar-refractivity contribution is 0.408. The molecule has 1 aliphatic rings. The summed E-state index contributed by atoms with van der Waals surface area (Å²) in [4.78, 5) is 0. The quantitative estimate of drug-likeness (QED) is 0.785. The summed E-state index contributed by atoms with van der Waals surface area (Å²) in [6, 6.07) is 2.74. The van der Waals surface area contributed by atoms with E-state index in [1.54, 1.807) is 0 Å². The minimum absolute atomic E-state index is 0.605. The first-order valence-corrected chi connectivity index (χ1v) is 5.39. The summed E-state index contributed by atoms with van der Waals surface area (Å²) in [5.74, 6) is 0.879. The number of aromatic nitrogens is 2. The monoisotopic (exact) mass is 193 g/mol. The lowest BCUT2D eigenvalue weighted by atomic mass is 10.2. The standard InChI is InChI=1S/C11H19N3/c1-8-6-9(2)14(13-8)7-11(12-3)10-4-5-10/h6,10-12H,4-5,7H2,1-3H3. The van der Waals surface area contributed by atoms with Crippen LogP contribution >= 0.6 is 0 Å². The van der Waals surface area contributed by atoms with E-state index in [0.29, 0.717) is 6.04 Å². The second-order valence-corrected chi connectivity index (χ2v) is 4.34. The zero-order chi connectivity index (χ0) is 10.1. The van der Waals surface area contributed by atoms with Crippen LogP contribution in [0.5, 0.6) is 0 Å². The third kappa shape index (κ3) is 1.98. The van der Waals surface area contributed by atoms with Gasteiger partial charge in [0, 0.05) is 11.7 Å². The number of nitrogens with zero attached hydrogens (tertiary/aromatic N) is 2. The van der Waals surface area contributed by atoms with E-state index in [1.165, 1.54) is 18.5 Å². The van der Waals surface area contributed by atoms with Crippen molar-refractivity contribution in [3.8, 4) is 0 Å². The highest BCUT2D eigenvalue weighted by Crippen LogP contribution is 2.33. The zero-order valence-electron chi connectivity index (χ0n) is 9.25. The van der Waals surface area contributed by atoms with Gasteiger partial charge >= 0.3 is 0 Å². The maximum Gasteiger partial charge on any atom is 0.0596 e. The van der Waals surface area contributed by atoms with Crippen molar-refractivity contribution in [1.82, 2.24) is 15.1 Å². The molecule has 2 rings (SSSR count). The summed E-state index contributed by atoms with van der Waals surface area (Å²) in [5.41, 5.74) is 2.39. The molecule has 0 saturated heterocycles. The highest BCUT2D eigenvalue weighted by molar-refractivity contribution is 5.07. The van der Waals surface area contributed by atoms with Crippen LogP contribution in [-0.2, 0) is 6.54 Å². The lowest BCUT2D eigenvalue weighted by Crippen LogP contribution is -2.32. The summed E-state index contributed by atoms with van der Waals surface area (Å²) in [7, 11) is 2.05. The van der Waals surface area contributed by atoms with Gasteiger partial charge in [0.1, 0.15) is 0 Å². The number of rotatable bonds is 4. The molecule has 0 amide bonds. The summed E-state index contributed by atoms with van der Waals surface area (Å²) in [6.07, 6.45) is 2.76. The normalized spacial score (nSPS) is 18.5. The van der Waals surface area contributed by atoms with Crippen molar-refractivity contribution in [2.75, 3.05) is 7.05 Å². The van der Waals surface area contributed by atoms with Crippen molar-refractivity contribution in [3.05, 3.63) is 17.5 Å². The van der Waals surface area contributed by atoms with E-state index >= 15 is 0 Å². The topological polar surface area (TPSA) is 29.9 Å². The van der Waals surface area contributed by atoms with Crippen LogP contribution in [0.3, 0.4) is 0 Å². The SMILES string of the molecule is CNC(Cn1nc(C)cc1C)C1CC1. The van der Waals surface area contributed by atoms with Gasteiger partial charge in [-0.15, -0.1) is 0 Å². The first kappa shape index (κ1) is 9.71. The number of hydrogen-bond acceptors (Lipinski definition) is 2. The van der Waals surface area contributed by atoms with Gasteiger partial charge in [-0.25, -0.2) is 0 Å².